The third-order valence-corrected chi connectivity index (χ3v) is 6.32. The van der Waals surface area contributed by atoms with E-state index >= 15 is 0 Å². The molecule has 3 N–H and O–H groups in total. The SMILES string of the molecule is O=C1CCC(N2Cc3cc(CNC(=O)c4cnc5cc(Cl)ccc5c4O)ccc3C2=O)C(=O)N1. The van der Waals surface area contributed by atoms with Crippen LogP contribution < -0.4 is 10.6 Å². The van der Waals surface area contributed by atoms with Crippen LogP contribution in [0.2, 0.25) is 5.02 Å². The second-order valence-electron chi connectivity index (χ2n) is 8.26. The minimum Gasteiger partial charge on any atom is -0.506 e. The van der Waals surface area contributed by atoms with Crippen molar-refractivity contribution in [2.75, 3.05) is 0 Å². The van der Waals surface area contributed by atoms with E-state index in [1.165, 1.54) is 11.1 Å². The molecule has 10 heteroatoms. The fourth-order valence-electron chi connectivity index (χ4n) is 4.33. The molecule has 0 spiro atoms. The van der Waals surface area contributed by atoms with Gasteiger partial charge in [0.1, 0.15) is 17.4 Å². The normalized spacial score (nSPS) is 17.6. The van der Waals surface area contributed by atoms with Crippen LogP contribution in [-0.4, -0.2) is 44.7 Å². The van der Waals surface area contributed by atoms with Crippen LogP contribution in [0.4, 0.5) is 0 Å². The van der Waals surface area contributed by atoms with E-state index in [0.717, 1.165) is 11.1 Å². The molecule has 3 heterocycles. The highest BCUT2D eigenvalue weighted by Crippen LogP contribution is 2.30. The molecule has 0 bridgehead atoms. The topological polar surface area (TPSA) is 129 Å². The fraction of sp³-hybridized carbons (Fsp3) is 0.208. The summed E-state index contributed by atoms with van der Waals surface area (Å²) in [5.41, 5.74) is 2.51. The van der Waals surface area contributed by atoms with Crippen molar-refractivity contribution in [3.63, 3.8) is 0 Å². The molecule has 1 atom stereocenters. The van der Waals surface area contributed by atoms with Gasteiger partial charge in [-0.1, -0.05) is 23.7 Å². The smallest absolute Gasteiger partial charge is 0.256 e. The number of nitrogens with zero attached hydrogens (tertiary/aromatic N) is 2. The van der Waals surface area contributed by atoms with E-state index in [1.807, 2.05) is 0 Å². The Morgan fingerprint density at radius 3 is 2.82 bits per heavy atom. The van der Waals surface area contributed by atoms with E-state index in [1.54, 1.807) is 36.4 Å². The second kappa shape index (κ2) is 8.42. The van der Waals surface area contributed by atoms with Gasteiger partial charge >= 0.3 is 0 Å². The van der Waals surface area contributed by atoms with Gasteiger partial charge in [0.15, 0.2) is 0 Å². The maximum absolute atomic E-state index is 12.8. The van der Waals surface area contributed by atoms with E-state index in [9.17, 15) is 24.3 Å². The lowest BCUT2D eigenvalue weighted by atomic mass is 10.0. The third kappa shape index (κ3) is 3.84. The fourth-order valence-corrected chi connectivity index (χ4v) is 4.50. The molecule has 1 aromatic heterocycles. The molecule has 0 radical (unpaired) electrons. The molecule has 172 valence electrons. The number of hydrogen-bond donors (Lipinski definition) is 3. The van der Waals surface area contributed by atoms with Gasteiger partial charge < -0.3 is 15.3 Å². The van der Waals surface area contributed by atoms with Crippen LogP contribution in [0.3, 0.4) is 0 Å². The Morgan fingerprint density at radius 1 is 1.21 bits per heavy atom. The van der Waals surface area contributed by atoms with Gasteiger partial charge in [-0.3, -0.25) is 29.5 Å². The highest BCUT2D eigenvalue weighted by molar-refractivity contribution is 6.31. The van der Waals surface area contributed by atoms with Gasteiger partial charge in [-0.15, -0.1) is 0 Å². The minimum atomic E-state index is -0.681. The first-order valence-corrected chi connectivity index (χ1v) is 11.0. The van der Waals surface area contributed by atoms with Crippen LogP contribution in [-0.2, 0) is 22.7 Å². The molecule has 2 aliphatic rings. The molecule has 9 nitrogen and oxygen atoms in total. The number of hydrogen-bond acceptors (Lipinski definition) is 6. The number of carbonyl (C=O) groups excluding carboxylic acids is 4. The highest BCUT2D eigenvalue weighted by Gasteiger charge is 2.39. The molecular weight excluding hydrogens is 460 g/mol. The summed E-state index contributed by atoms with van der Waals surface area (Å²) >= 11 is 5.95. The van der Waals surface area contributed by atoms with Crippen molar-refractivity contribution in [2.45, 2.75) is 32.0 Å². The number of pyridine rings is 1. The molecule has 0 saturated carbocycles. The van der Waals surface area contributed by atoms with Gasteiger partial charge in [0.25, 0.3) is 11.8 Å². The van der Waals surface area contributed by atoms with Gasteiger partial charge in [-0.2, -0.15) is 0 Å². The third-order valence-electron chi connectivity index (χ3n) is 6.09. The van der Waals surface area contributed by atoms with E-state index < -0.39 is 17.9 Å². The standard InChI is InChI=1S/C24H19ClN4O5/c25-14-2-4-16-18(8-14)26-10-17(21(16)31)22(32)27-9-12-1-3-15-13(7-12)11-29(24(15)34)19-5-6-20(30)28-23(19)33/h1-4,7-8,10,19H,5-6,9,11H2,(H,26,31)(H,27,32)(H,28,30,33). The van der Waals surface area contributed by atoms with Gasteiger partial charge in [0.05, 0.1) is 5.52 Å². The number of nitrogens with one attached hydrogen (secondary N) is 2. The van der Waals surface area contributed by atoms with E-state index in [-0.39, 0.29) is 42.6 Å². The Kier molecular flexibility index (Phi) is 5.41. The average Bonchev–Trinajstić information content (AvgIpc) is 3.13. The van der Waals surface area contributed by atoms with Crippen molar-refractivity contribution >= 4 is 46.1 Å². The van der Waals surface area contributed by atoms with E-state index in [2.05, 4.69) is 15.6 Å². The predicted octanol–water partition coefficient (Wildman–Crippen LogP) is 2.28. The highest BCUT2D eigenvalue weighted by atomic mass is 35.5. The first kappa shape index (κ1) is 21.8. The Hall–Kier alpha value is -3.98. The second-order valence-corrected chi connectivity index (χ2v) is 8.69. The molecule has 0 aliphatic carbocycles. The molecule has 34 heavy (non-hydrogen) atoms. The van der Waals surface area contributed by atoms with Gasteiger partial charge in [-0.05, 0) is 41.8 Å². The number of carbonyl (C=O) groups is 4. The maximum Gasteiger partial charge on any atom is 0.256 e. The lowest BCUT2D eigenvalue weighted by Crippen LogP contribution is -2.52. The summed E-state index contributed by atoms with van der Waals surface area (Å²) in [6.45, 7) is 0.414. The van der Waals surface area contributed by atoms with Crippen molar-refractivity contribution in [3.8, 4) is 5.75 Å². The molecule has 1 saturated heterocycles. The van der Waals surface area contributed by atoms with Crippen molar-refractivity contribution < 1.29 is 24.3 Å². The van der Waals surface area contributed by atoms with Crippen molar-refractivity contribution in [3.05, 3.63) is 69.9 Å². The number of imide groups is 1. The zero-order valence-electron chi connectivity index (χ0n) is 17.8. The number of rotatable bonds is 4. The van der Waals surface area contributed by atoms with Crippen LogP contribution in [0.25, 0.3) is 10.9 Å². The number of fused-ring (bicyclic) bond motifs is 2. The minimum absolute atomic E-state index is 0.0372. The Morgan fingerprint density at radius 2 is 2.03 bits per heavy atom. The first-order chi connectivity index (χ1) is 16.3. The zero-order chi connectivity index (χ0) is 24.0. The summed E-state index contributed by atoms with van der Waals surface area (Å²) in [7, 11) is 0. The van der Waals surface area contributed by atoms with Crippen LogP contribution in [0, 0.1) is 0 Å². The van der Waals surface area contributed by atoms with Crippen LogP contribution >= 0.6 is 11.6 Å². The number of piperidine rings is 1. The number of benzene rings is 2. The van der Waals surface area contributed by atoms with Gasteiger partial charge in [-0.25, -0.2) is 0 Å². The summed E-state index contributed by atoms with van der Waals surface area (Å²) in [5.74, 6) is -1.73. The molecule has 2 aliphatic heterocycles. The first-order valence-electron chi connectivity index (χ1n) is 10.6. The monoisotopic (exact) mass is 478 g/mol. The Labute approximate surface area is 198 Å². The molecular formula is C24H19ClN4O5. The number of halogens is 1. The number of amides is 4. The van der Waals surface area contributed by atoms with Gasteiger partial charge in [0.2, 0.25) is 11.8 Å². The van der Waals surface area contributed by atoms with Crippen LogP contribution in [0.1, 0.15) is 44.7 Å². The molecule has 1 fully saturated rings. The van der Waals surface area contributed by atoms with E-state index in [4.69, 9.17) is 11.6 Å². The maximum atomic E-state index is 12.8. The molecule has 5 rings (SSSR count). The summed E-state index contributed by atoms with van der Waals surface area (Å²) in [5, 5.41) is 16.4. The molecule has 1 unspecified atom stereocenters. The summed E-state index contributed by atoms with van der Waals surface area (Å²) in [6.07, 6.45) is 1.78. The summed E-state index contributed by atoms with van der Waals surface area (Å²) in [4.78, 5) is 54.8. The number of aromatic nitrogens is 1. The molecule has 4 amide bonds. The molecule has 2 aromatic carbocycles. The van der Waals surface area contributed by atoms with Crippen molar-refractivity contribution in [2.24, 2.45) is 0 Å². The number of aromatic hydroxyl groups is 1. The van der Waals surface area contributed by atoms with Crippen molar-refractivity contribution in [1.82, 2.24) is 20.5 Å². The van der Waals surface area contributed by atoms with Gasteiger partial charge in [0, 0.05) is 41.7 Å². The largest absolute Gasteiger partial charge is 0.506 e. The van der Waals surface area contributed by atoms with E-state index in [0.29, 0.717) is 27.9 Å². The Bertz CT molecular complexity index is 1390. The molecule has 3 aromatic rings. The lowest BCUT2D eigenvalue weighted by Gasteiger charge is -2.29. The predicted molar refractivity (Wildman–Crippen MR) is 122 cm³/mol. The quantitative estimate of drug-likeness (QED) is 0.493. The van der Waals surface area contributed by atoms with Crippen LogP contribution in [0.5, 0.6) is 5.75 Å². The average molecular weight is 479 g/mol. The van der Waals surface area contributed by atoms with Crippen LogP contribution in [0.15, 0.2) is 42.6 Å². The lowest BCUT2D eigenvalue weighted by molar-refractivity contribution is -0.136. The van der Waals surface area contributed by atoms with Crippen molar-refractivity contribution in [1.29, 1.82) is 0 Å². The summed E-state index contributed by atoms with van der Waals surface area (Å²) in [6, 6.07) is 9.33. The Balaban J connectivity index is 1.29. The zero-order valence-corrected chi connectivity index (χ0v) is 18.6. The summed E-state index contributed by atoms with van der Waals surface area (Å²) < 4.78 is 0.